The largest absolute Gasteiger partial charge is 0.457 e. The van der Waals surface area contributed by atoms with Crippen LogP contribution in [0.25, 0.3) is 0 Å². The number of rotatable bonds is 3. The summed E-state index contributed by atoms with van der Waals surface area (Å²) in [6.07, 6.45) is 0. The second-order valence-electron chi connectivity index (χ2n) is 4.59. The summed E-state index contributed by atoms with van der Waals surface area (Å²) in [5, 5.41) is 0. The van der Waals surface area contributed by atoms with Crippen LogP contribution in [0.3, 0.4) is 0 Å². The van der Waals surface area contributed by atoms with Crippen molar-refractivity contribution in [3.63, 3.8) is 0 Å². The van der Waals surface area contributed by atoms with Gasteiger partial charge < -0.3 is 4.74 Å². The van der Waals surface area contributed by atoms with Crippen molar-refractivity contribution >= 4 is 0 Å². The van der Waals surface area contributed by atoms with Gasteiger partial charge in [-0.2, -0.15) is 0 Å². The maximum atomic E-state index is 5.90. The molecule has 17 heavy (non-hydrogen) atoms. The molecule has 0 aliphatic carbocycles. The molecule has 1 nitrogen and oxygen atoms in total. The first-order valence-corrected chi connectivity index (χ1v) is 6.00. The van der Waals surface area contributed by atoms with Crippen molar-refractivity contribution in [1.82, 2.24) is 0 Å². The Bertz CT molecular complexity index is 486. The van der Waals surface area contributed by atoms with Crippen molar-refractivity contribution in [3.05, 3.63) is 59.7 Å². The van der Waals surface area contributed by atoms with E-state index in [2.05, 4.69) is 39.0 Å². The van der Waals surface area contributed by atoms with Crippen molar-refractivity contribution in [1.29, 1.82) is 0 Å². The van der Waals surface area contributed by atoms with Gasteiger partial charge in [-0.05, 0) is 42.2 Å². The van der Waals surface area contributed by atoms with Crippen LogP contribution in [0, 0.1) is 6.92 Å². The first-order chi connectivity index (χ1) is 8.16. The summed E-state index contributed by atoms with van der Waals surface area (Å²) in [4.78, 5) is 0. The van der Waals surface area contributed by atoms with Crippen LogP contribution in [-0.4, -0.2) is 0 Å². The van der Waals surface area contributed by atoms with E-state index in [1.54, 1.807) is 0 Å². The second kappa shape index (κ2) is 5.05. The smallest absolute Gasteiger partial charge is 0.130 e. The van der Waals surface area contributed by atoms with Gasteiger partial charge >= 0.3 is 0 Å². The predicted octanol–water partition coefficient (Wildman–Crippen LogP) is 4.91. The highest BCUT2D eigenvalue weighted by Gasteiger charge is 2.05. The SMILES string of the molecule is Cc1ccc(C(C)C)cc1Oc1ccccc1. The Hall–Kier alpha value is -1.76. The summed E-state index contributed by atoms with van der Waals surface area (Å²) < 4.78 is 5.90. The van der Waals surface area contributed by atoms with Crippen LogP contribution in [0.2, 0.25) is 0 Å². The zero-order chi connectivity index (χ0) is 12.3. The summed E-state index contributed by atoms with van der Waals surface area (Å²) >= 11 is 0. The van der Waals surface area contributed by atoms with Gasteiger partial charge in [-0.1, -0.05) is 44.2 Å². The highest BCUT2D eigenvalue weighted by molar-refractivity contribution is 5.40. The molecule has 0 spiro atoms. The molecule has 0 atom stereocenters. The molecule has 0 saturated heterocycles. The fourth-order valence-corrected chi connectivity index (χ4v) is 1.70. The molecule has 0 N–H and O–H groups in total. The van der Waals surface area contributed by atoms with Crippen LogP contribution >= 0.6 is 0 Å². The Morgan fingerprint density at radius 3 is 2.29 bits per heavy atom. The first-order valence-electron chi connectivity index (χ1n) is 6.00. The van der Waals surface area contributed by atoms with Crippen LogP contribution in [0.4, 0.5) is 0 Å². The van der Waals surface area contributed by atoms with Crippen molar-refractivity contribution in [2.75, 3.05) is 0 Å². The zero-order valence-electron chi connectivity index (χ0n) is 10.6. The van der Waals surface area contributed by atoms with E-state index >= 15 is 0 Å². The van der Waals surface area contributed by atoms with Crippen molar-refractivity contribution in [3.8, 4) is 11.5 Å². The predicted molar refractivity (Wildman–Crippen MR) is 71.8 cm³/mol. The van der Waals surface area contributed by atoms with Gasteiger partial charge in [0.1, 0.15) is 11.5 Å². The third-order valence-corrected chi connectivity index (χ3v) is 2.85. The molecule has 0 saturated carbocycles. The first kappa shape index (κ1) is 11.7. The monoisotopic (exact) mass is 226 g/mol. The Labute approximate surface area is 103 Å². The molecule has 0 aliphatic heterocycles. The van der Waals surface area contributed by atoms with Gasteiger partial charge in [-0.3, -0.25) is 0 Å². The lowest BCUT2D eigenvalue weighted by atomic mass is 10.0. The number of para-hydroxylation sites is 1. The number of hydrogen-bond acceptors (Lipinski definition) is 1. The van der Waals surface area contributed by atoms with Crippen LogP contribution in [0.1, 0.15) is 30.9 Å². The molecule has 0 aromatic heterocycles. The quantitative estimate of drug-likeness (QED) is 0.722. The van der Waals surface area contributed by atoms with Gasteiger partial charge in [-0.25, -0.2) is 0 Å². The van der Waals surface area contributed by atoms with E-state index in [-0.39, 0.29) is 0 Å². The van der Waals surface area contributed by atoms with Gasteiger partial charge in [0.05, 0.1) is 0 Å². The second-order valence-corrected chi connectivity index (χ2v) is 4.59. The van der Waals surface area contributed by atoms with Crippen molar-refractivity contribution in [2.45, 2.75) is 26.7 Å². The number of hydrogen-bond donors (Lipinski definition) is 0. The van der Waals surface area contributed by atoms with E-state index < -0.39 is 0 Å². The lowest BCUT2D eigenvalue weighted by Crippen LogP contribution is -1.92. The average Bonchev–Trinajstić information content (AvgIpc) is 2.33. The van der Waals surface area contributed by atoms with E-state index in [1.807, 2.05) is 30.3 Å². The Kier molecular flexibility index (Phi) is 3.48. The Morgan fingerprint density at radius 1 is 0.941 bits per heavy atom. The molecule has 2 aromatic rings. The summed E-state index contributed by atoms with van der Waals surface area (Å²) in [6, 6.07) is 16.3. The van der Waals surface area contributed by atoms with E-state index in [9.17, 15) is 0 Å². The van der Waals surface area contributed by atoms with Crippen LogP contribution in [-0.2, 0) is 0 Å². The Balaban J connectivity index is 2.29. The molecular formula is C16H18O. The van der Waals surface area contributed by atoms with Gasteiger partial charge in [0.2, 0.25) is 0 Å². The molecule has 0 amide bonds. The van der Waals surface area contributed by atoms with Gasteiger partial charge in [0, 0.05) is 0 Å². The summed E-state index contributed by atoms with van der Waals surface area (Å²) in [6.45, 7) is 6.45. The molecule has 1 heteroatoms. The van der Waals surface area contributed by atoms with E-state index in [0.29, 0.717) is 5.92 Å². The minimum atomic E-state index is 0.522. The number of ether oxygens (including phenoxy) is 1. The fourth-order valence-electron chi connectivity index (χ4n) is 1.70. The summed E-state index contributed by atoms with van der Waals surface area (Å²) in [5.74, 6) is 2.35. The number of benzene rings is 2. The highest BCUT2D eigenvalue weighted by Crippen LogP contribution is 2.28. The molecule has 0 aliphatic rings. The van der Waals surface area contributed by atoms with E-state index in [1.165, 1.54) is 11.1 Å². The molecule has 2 aromatic carbocycles. The molecular weight excluding hydrogens is 208 g/mol. The third kappa shape index (κ3) is 2.88. The lowest BCUT2D eigenvalue weighted by Gasteiger charge is -2.12. The van der Waals surface area contributed by atoms with Gasteiger partial charge in [0.15, 0.2) is 0 Å². The van der Waals surface area contributed by atoms with Gasteiger partial charge in [0.25, 0.3) is 0 Å². The van der Waals surface area contributed by atoms with Gasteiger partial charge in [-0.15, -0.1) is 0 Å². The van der Waals surface area contributed by atoms with E-state index in [0.717, 1.165) is 11.5 Å². The normalized spacial score (nSPS) is 10.6. The zero-order valence-corrected chi connectivity index (χ0v) is 10.6. The maximum absolute atomic E-state index is 5.90. The highest BCUT2D eigenvalue weighted by atomic mass is 16.5. The molecule has 0 heterocycles. The van der Waals surface area contributed by atoms with Crippen molar-refractivity contribution in [2.24, 2.45) is 0 Å². The maximum Gasteiger partial charge on any atom is 0.130 e. The number of aryl methyl sites for hydroxylation is 1. The average molecular weight is 226 g/mol. The fraction of sp³-hybridized carbons (Fsp3) is 0.250. The molecule has 0 bridgehead atoms. The third-order valence-electron chi connectivity index (χ3n) is 2.85. The summed E-state index contributed by atoms with van der Waals surface area (Å²) in [5.41, 5.74) is 2.47. The minimum Gasteiger partial charge on any atom is -0.457 e. The lowest BCUT2D eigenvalue weighted by molar-refractivity contribution is 0.478. The minimum absolute atomic E-state index is 0.522. The molecule has 2 rings (SSSR count). The van der Waals surface area contributed by atoms with E-state index in [4.69, 9.17) is 4.74 Å². The topological polar surface area (TPSA) is 9.23 Å². The standard InChI is InChI=1S/C16H18O/c1-12(2)14-10-9-13(3)16(11-14)17-15-7-5-4-6-8-15/h4-12H,1-3H3. The molecule has 0 fully saturated rings. The molecule has 0 unspecified atom stereocenters. The summed E-state index contributed by atoms with van der Waals surface area (Å²) in [7, 11) is 0. The van der Waals surface area contributed by atoms with Crippen LogP contribution in [0.5, 0.6) is 11.5 Å². The molecule has 0 radical (unpaired) electrons. The molecule has 88 valence electrons. The van der Waals surface area contributed by atoms with Crippen LogP contribution in [0.15, 0.2) is 48.5 Å². The van der Waals surface area contributed by atoms with Crippen molar-refractivity contribution < 1.29 is 4.74 Å². The Morgan fingerprint density at radius 2 is 1.65 bits per heavy atom. The van der Waals surface area contributed by atoms with Crippen LogP contribution < -0.4 is 4.74 Å².